The Labute approximate surface area is 209 Å². The first-order valence-electron chi connectivity index (χ1n) is 12.7. The van der Waals surface area contributed by atoms with Crippen LogP contribution in [0.3, 0.4) is 0 Å². The lowest BCUT2D eigenvalue weighted by atomic mass is 9.45. The van der Waals surface area contributed by atoms with E-state index >= 15 is 0 Å². The second kappa shape index (κ2) is 7.52. The summed E-state index contributed by atoms with van der Waals surface area (Å²) >= 11 is 0. The minimum atomic E-state index is -1.80. The number of aliphatic hydroxyl groups excluding tert-OH is 1. The van der Waals surface area contributed by atoms with Gasteiger partial charge < -0.3 is 20.4 Å². The van der Waals surface area contributed by atoms with E-state index in [-0.39, 0.29) is 41.6 Å². The summed E-state index contributed by atoms with van der Waals surface area (Å²) in [6.07, 6.45) is 6.84. The minimum Gasteiger partial charge on any atom is -0.479 e. The van der Waals surface area contributed by atoms with Crippen LogP contribution >= 0.6 is 0 Å². The Bertz CT molecular complexity index is 1310. The Morgan fingerprint density at radius 3 is 2.67 bits per heavy atom. The lowest BCUT2D eigenvalue weighted by molar-refractivity contribution is -0.193. The van der Waals surface area contributed by atoms with E-state index in [1.165, 1.54) is 5.57 Å². The molecule has 190 valence electrons. The van der Waals surface area contributed by atoms with Crippen LogP contribution in [0.15, 0.2) is 36.0 Å². The van der Waals surface area contributed by atoms with Gasteiger partial charge in [0.1, 0.15) is 0 Å². The van der Waals surface area contributed by atoms with Crippen LogP contribution in [0.2, 0.25) is 0 Å². The molecule has 0 amide bonds. The maximum absolute atomic E-state index is 12.1. The Morgan fingerprint density at radius 2 is 1.94 bits per heavy atom. The quantitative estimate of drug-likeness (QED) is 0.515. The predicted molar refractivity (Wildman–Crippen MR) is 131 cm³/mol. The summed E-state index contributed by atoms with van der Waals surface area (Å²) in [6.45, 7) is 4.07. The standard InChI is InChI=1S/C28H32N2O6/c1-26-12-16-14-29-30(18-5-3-4-15(10-18)24(32)33)21(16)11-17(26)6-7-19-20-8-9-28(36,25(34)35)27(20,2)13-22(31)23(19)26/h3-5,10-11,14,19-20,22-23,31,36H,6-9,12-13H2,1-2H3,(H,32,33)(H,34,35)/t19-,20?,22-,23?,26-,27-,28-/m0/s1. The number of hydrogen-bond acceptors (Lipinski definition) is 5. The molecule has 7 atom stereocenters. The molecule has 6 rings (SSSR count). The van der Waals surface area contributed by atoms with E-state index in [9.17, 15) is 30.0 Å². The summed E-state index contributed by atoms with van der Waals surface area (Å²) in [5.74, 6) is -2.01. The Morgan fingerprint density at radius 1 is 1.17 bits per heavy atom. The summed E-state index contributed by atoms with van der Waals surface area (Å²) in [6, 6.07) is 6.74. The molecule has 0 saturated heterocycles. The molecule has 2 unspecified atom stereocenters. The number of nitrogens with zero attached hydrogens (tertiary/aromatic N) is 2. The van der Waals surface area contributed by atoms with Gasteiger partial charge in [-0.25, -0.2) is 14.3 Å². The number of benzene rings is 1. The van der Waals surface area contributed by atoms with E-state index in [0.29, 0.717) is 18.5 Å². The first-order valence-corrected chi connectivity index (χ1v) is 12.7. The van der Waals surface area contributed by atoms with Crippen molar-refractivity contribution in [1.82, 2.24) is 9.78 Å². The molecule has 0 bridgehead atoms. The van der Waals surface area contributed by atoms with Crippen molar-refractivity contribution in [1.29, 1.82) is 0 Å². The van der Waals surface area contributed by atoms with Gasteiger partial charge in [-0.2, -0.15) is 5.10 Å². The molecule has 8 heteroatoms. The molecule has 1 heterocycles. The molecular weight excluding hydrogens is 460 g/mol. The molecule has 2 aromatic rings. The van der Waals surface area contributed by atoms with Crippen molar-refractivity contribution in [3.8, 4) is 5.69 Å². The fourth-order valence-electron chi connectivity index (χ4n) is 8.52. The number of carboxylic acid groups (broad SMARTS) is 2. The first kappa shape index (κ1) is 23.4. The monoisotopic (exact) mass is 492 g/mol. The molecule has 8 nitrogen and oxygen atoms in total. The number of aromatic carboxylic acids is 1. The SMILES string of the molecule is C[C@]12Cc3cnn(-c4cccc(C(=O)O)c4)c3C=C1CC[C@@H]1C2[C@@H](O)C[C@@]2(C)C1CC[C@]2(O)C(=O)O. The van der Waals surface area contributed by atoms with Crippen molar-refractivity contribution in [2.75, 3.05) is 0 Å². The molecule has 4 N–H and O–H groups in total. The van der Waals surface area contributed by atoms with Gasteiger partial charge in [-0.1, -0.05) is 25.5 Å². The fraction of sp³-hybridized carbons (Fsp3) is 0.536. The lowest BCUT2D eigenvalue weighted by Crippen LogP contribution is -2.61. The molecule has 0 spiro atoms. The number of allylic oxidation sites excluding steroid dienone is 1. The fourth-order valence-corrected chi connectivity index (χ4v) is 8.52. The highest BCUT2D eigenvalue weighted by atomic mass is 16.4. The number of carboxylic acids is 2. The van der Waals surface area contributed by atoms with Crippen LogP contribution in [0, 0.1) is 28.6 Å². The van der Waals surface area contributed by atoms with Gasteiger partial charge in [-0.3, -0.25) is 0 Å². The third kappa shape index (κ3) is 2.91. The van der Waals surface area contributed by atoms with Crippen LogP contribution in [-0.4, -0.2) is 53.9 Å². The summed E-state index contributed by atoms with van der Waals surface area (Å²) in [4.78, 5) is 23.5. The van der Waals surface area contributed by atoms with E-state index in [4.69, 9.17) is 0 Å². The molecule has 4 aliphatic rings. The summed E-state index contributed by atoms with van der Waals surface area (Å²) < 4.78 is 1.79. The van der Waals surface area contributed by atoms with Crippen LogP contribution in [0.25, 0.3) is 11.8 Å². The average Bonchev–Trinajstić information content (AvgIpc) is 3.35. The van der Waals surface area contributed by atoms with Crippen LogP contribution in [0.5, 0.6) is 0 Å². The number of aromatic nitrogens is 2. The van der Waals surface area contributed by atoms with Crippen molar-refractivity contribution < 1.29 is 30.0 Å². The summed E-state index contributed by atoms with van der Waals surface area (Å²) in [5.41, 5.74) is 1.20. The molecule has 1 aromatic carbocycles. The number of hydrogen-bond donors (Lipinski definition) is 4. The van der Waals surface area contributed by atoms with Crippen LogP contribution in [-0.2, 0) is 11.2 Å². The Kier molecular flexibility index (Phi) is 4.90. The highest BCUT2D eigenvalue weighted by Gasteiger charge is 2.68. The zero-order valence-corrected chi connectivity index (χ0v) is 20.5. The Balaban J connectivity index is 1.37. The molecule has 0 radical (unpaired) electrons. The first-order chi connectivity index (χ1) is 17.0. The minimum absolute atomic E-state index is 0.0291. The van der Waals surface area contributed by atoms with Crippen molar-refractivity contribution >= 4 is 18.0 Å². The van der Waals surface area contributed by atoms with Crippen molar-refractivity contribution in [3.05, 3.63) is 52.9 Å². The van der Waals surface area contributed by atoms with Crippen molar-refractivity contribution in [2.45, 2.75) is 64.1 Å². The molecule has 3 saturated carbocycles. The molecule has 3 fully saturated rings. The number of aliphatic carboxylic acids is 1. The third-order valence-electron chi connectivity index (χ3n) is 10.3. The van der Waals surface area contributed by atoms with E-state index < -0.39 is 29.1 Å². The number of aliphatic hydroxyl groups is 2. The third-order valence-corrected chi connectivity index (χ3v) is 10.3. The number of carbonyl (C=O) groups is 2. The van der Waals surface area contributed by atoms with Gasteiger partial charge in [0.2, 0.25) is 0 Å². The van der Waals surface area contributed by atoms with E-state index in [0.717, 1.165) is 24.1 Å². The zero-order valence-electron chi connectivity index (χ0n) is 20.5. The van der Waals surface area contributed by atoms with Crippen molar-refractivity contribution in [2.24, 2.45) is 28.6 Å². The predicted octanol–water partition coefficient (Wildman–Crippen LogP) is 3.54. The van der Waals surface area contributed by atoms with Gasteiger partial charge >= 0.3 is 11.9 Å². The van der Waals surface area contributed by atoms with Crippen molar-refractivity contribution in [3.63, 3.8) is 0 Å². The van der Waals surface area contributed by atoms with E-state index in [1.54, 1.807) is 22.9 Å². The van der Waals surface area contributed by atoms with Gasteiger partial charge in [0.05, 0.1) is 29.2 Å². The van der Waals surface area contributed by atoms with Gasteiger partial charge in [-0.15, -0.1) is 0 Å². The van der Waals surface area contributed by atoms with Gasteiger partial charge in [0.25, 0.3) is 0 Å². The Hall–Kier alpha value is -2.97. The molecule has 36 heavy (non-hydrogen) atoms. The second-order valence-electron chi connectivity index (χ2n) is 11.8. The average molecular weight is 493 g/mol. The lowest BCUT2D eigenvalue weighted by Gasteiger charge is -2.60. The van der Waals surface area contributed by atoms with Crippen LogP contribution in [0.1, 0.15) is 67.6 Å². The van der Waals surface area contributed by atoms with Gasteiger partial charge in [0, 0.05) is 5.41 Å². The largest absolute Gasteiger partial charge is 0.479 e. The second-order valence-corrected chi connectivity index (χ2v) is 11.8. The zero-order chi connectivity index (χ0) is 25.6. The molecule has 4 aliphatic carbocycles. The highest BCUT2D eigenvalue weighted by Crippen LogP contribution is 2.67. The highest BCUT2D eigenvalue weighted by molar-refractivity contribution is 5.88. The van der Waals surface area contributed by atoms with E-state index in [2.05, 4.69) is 18.1 Å². The molecular formula is C28H32N2O6. The van der Waals surface area contributed by atoms with Crippen LogP contribution in [0.4, 0.5) is 0 Å². The van der Waals surface area contributed by atoms with Gasteiger partial charge in [0.15, 0.2) is 5.60 Å². The summed E-state index contributed by atoms with van der Waals surface area (Å²) in [7, 11) is 0. The number of rotatable bonds is 3. The topological polar surface area (TPSA) is 133 Å². The maximum Gasteiger partial charge on any atom is 0.336 e. The van der Waals surface area contributed by atoms with Gasteiger partial charge in [-0.05, 0) is 91.5 Å². The normalized spacial score (nSPS) is 38.8. The molecule has 0 aliphatic heterocycles. The summed E-state index contributed by atoms with van der Waals surface area (Å²) in [5, 5.41) is 46.6. The smallest absolute Gasteiger partial charge is 0.336 e. The maximum atomic E-state index is 12.1. The molecule has 1 aromatic heterocycles. The van der Waals surface area contributed by atoms with E-state index in [1.807, 2.05) is 19.2 Å². The van der Waals surface area contributed by atoms with Crippen LogP contribution < -0.4 is 0 Å². The number of fused-ring (bicyclic) bond motifs is 6.